The van der Waals surface area contributed by atoms with Crippen LogP contribution in [0.5, 0.6) is 0 Å². The Hall–Kier alpha value is -3.15. The van der Waals surface area contributed by atoms with Crippen LogP contribution in [0.25, 0.3) is 21.9 Å². The average Bonchev–Trinajstić information content (AvgIpc) is 2.74. The van der Waals surface area contributed by atoms with Gasteiger partial charge in [0.1, 0.15) is 5.75 Å². The SMILES string of the molecule is O=C(CS(=O)(=O)c1ccccc1-c1cccc2ccccc12)Nc1ccccc1Cl. The van der Waals surface area contributed by atoms with Gasteiger partial charge in [-0.05, 0) is 34.5 Å². The number of hydrogen-bond acceptors (Lipinski definition) is 3. The minimum Gasteiger partial charge on any atom is -0.324 e. The predicted molar refractivity (Wildman–Crippen MR) is 122 cm³/mol. The van der Waals surface area contributed by atoms with Crippen molar-refractivity contribution in [1.82, 2.24) is 0 Å². The molecule has 0 radical (unpaired) electrons. The molecule has 0 unspecified atom stereocenters. The molecule has 1 N–H and O–H groups in total. The smallest absolute Gasteiger partial charge is 0.240 e. The molecule has 0 bridgehead atoms. The third-order valence-electron chi connectivity index (χ3n) is 4.77. The first kappa shape index (κ1) is 20.1. The summed E-state index contributed by atoms with van der Waals surface area (Å²) >= 11 is 6.05. The van der Waals surface area contributed by atoms with Crippen LogP contribution in [0.1, 0.15) is 0 Å². The molecule has 4 aromatic carbocycles. The number of amides is 1. The Kier molecular flexibility index (Phi) is 5.57. The maximum atomic E-state index is 13.2. The van der Waals surface area contributed by atoms with Crippen molar-refractivity contribution < 1.29 is 13.2 Å². The van der Waals surface area contributed by atoms with Crippen LogP contribution < -0.4 is 5.32 Å². The second-order valence-corrected chi connectivity index (χ2v) is 9.18. The van der Waals surface area contributed by atoms with E-state index >= 15 is 0 Å². The van der Waals surface area contributed by atoms with Crippen LogP contribution in [0, 0.1) is 0 Å². The number of para-hydroxylation sites is 1. The number of halogens is 1. The number of rotatable bonds is 5. The first-order valence-corrected chi connectivity index (χ1v) is 11.3. The summed E-state index contributed by atoms with van der Waals surface area (Å²) in [6.07, 6.45) is 0. The first-order valence-electron chi connectivity index (χ1n) is 9.30. The highest BCUT2D eigenvalue weighted by atomic mass is 35.5. The van der Waals surface area contributed by atoms with Gasteiger partial charge < -0.3 is 5.32 Å². The molecular weight excluding hydrogens is 418 g/mol. The Balaban J connectivity index is 1.71. The predicted octanol–water partition coefficient (Wildman–Crippen LogP) is 5.57. The van der Waals surface area contributed by atoms with Gasteiger partial charge in [-0.15, -0.1) is 0 Å². The van der Waals surface area contributed by atoms with Gasteiger partial charge in [-0.25, -0.2) is 8.42 Å². The highest BCUT2D eigenvalue weighted by molar-refractivity contribution is 7.92. The monoisotopic (exact) mass is 435 g/mol. The van der Waals surface area contributed by atoms with Gasteiger partial charge >= 0.3 is 0 Å². The van der Waals surface area contributed by atoms with E-state index in [4.69, 9.17) is 11.6 Å². The van der Waals surface area contributed by atoms with Crippen molar-refractivity contribution in [1.29, 1.82) is 0 Å². The quantitative estimate of drug-likeness (QED) is 0.445. The summed E-state index contributed by atoms with van der Waals surface area (Å²) in [5.74, 6) is -1.32. The normalized spacial score (nSPS) is 11.4. The zero-order chi connectivity index (χ0) is 21.1. The molecule has 6 heteroatoms. The first-order chi connectivity index (χ1) is 14.5. The number of carbonyl (C=O) groups is 1. The van der Waals surface area contributed by atoms with Gasteiger partial charge in [0, 0.05) is 5.56 Å². The summed E-state index contributed by atoms with van der Waals surface area (Å²) in [4.78, 5) is 12.6. The van der Waals surface area contributed by atoms with E-state index in [1.165, 1.54) is 6.07 Å². The molecule has 0 spiro atoms. The summed E-state index contributed by atoms with van der Waals surface area (Å²) in [5.41, 5.74) is 1.75. The summed E-state index contributed by atoms with van der Waals surface area (Å²) in [5, 5.41) is 4.88. The lowest BCUT2D eigenvalue weighted by atomic mass is 9.98. The van der Waals surface area contributed by atoms with E-state index in [-0.39, 0.29) is 4.90 Å². The van der Waals surface area contributed by atoms with Gasteiger partial charge in [0.2, 0.25) is 5.91 Å². The zero-order valence-corrected chi connectivity index (χ0v) is 17.5. The van der Waals surface area contributed by atoms with Crippen molar-refractivity contribution in [3.63, 3.8) is 0 Å². The van der Waals surface area contributed by atoms with Gasteiger partial charge in [-0.2, -0.15) is 0 Å². The van der Waals surface area contributed by atoms with Gasteiger partial charge in [-0.3, -0.25) is 4.79 Å². The fourth-order valence-corrected chi connectivity index (χ4v) is 4.97. The van der Waals surface area contributed by atoms with Crippen molar-refractivity contribution in [3.8, 4) is 11.1 Å². The van der Waals surface area contributed by atoms with Crippen LogP contribution in [0.3, 0.4) is 0 Å². The summed E-state index contributed by atoms with van der Waals surface area (Å²) in [7, 11) is -3.90. The minimum absolute atomic E-state index is 0.121. The molecule has 4 rings (SSSR count). The van der Waals surface area contributed by atoms with E-state index < -0.39 is 21.5 Å². The standard InChI is InChI=1S/C24H18ClNO3S/c25-21-13-4-5-14-22(21)26-24(27)16-30(28,29)23-15-6-3-11-20(23)19-12-7-9-17-8-1-2-10-18(17)19/h1-15H,16H2,(H,26,27). The maximum absolute atomic E-state index is 13.2. The highest BCUT2D eigenvalue weighted by Crippen LogP contribution is 2.33. The summed E-state index contributed by atoms with van der Waals surface area (Å²) in [6, 6.07) is 27.0. The van der Waals surface area contributed by atoms with E-state index in [0.717, 1.165) is 16.3 Å². The Bertz CT molecular complexity index is 1340. The Labute approximate surface area is 180 Å². The molecule has 0 aliphatic heterocycles. The molecule has 0 saturated heterocycles. The zero-order valence-electron chi connectivity index (χ0n) is 15.9. The summed E-state index contributed by atoms with van der Waals surface area (Å²) < 4.78 is 26.3. The van der Waals surface area contributed by atoms with Crippen molar-refractivity contribution >= 4 is 43.8 Å². The van der Waals surface area contributed by atoms with Crippen LogP contribution >= 0.6 is 11.6 Å². The van der Waals surface area contributed by atoms with Crippen LogP contribution in [0.15, 0.2) is 95.9 Å². The lowest BCUT2D eigenvalue weighted by molar-refractivity contribution is -0.113. The second kappa shape index (κ2) is 8.30. The molecule has 4 aromatic rings. The van der Waals surface area contributed by atoms with Crippen molar-refractivity contribution in [2.24, 2.45) is 0 Å². The maximum Gasteiger partial charge on any atom is 0.240 e. The number of nitrogens with one attached hydrogen (secondary N) is 1. The molecule has 30 heavy (non-hydrogen) atoms. The van der Waals surface area contributed by atoms with E-state index in [2.05, 4.69) is 5.32 Å². The van der Waals surface area contributed by atoms with Gasteiger partial charge in [0.25, 0.3) is 0 Å². The lowest BCUT2D eigenvalue weighted by Crippen LogP contribution is -2.23. The van der Waals surface area contributed by atoms with Gasteiger partial charge in [-0.1, -0.05) is 84.4 Å². The van der Waals surface area contributed by atoms with Crippen LogP contribution in [-0.4, -0.2) is 20.1 Å². The molecule has 4 nitrogen and oxygen atoms in total. The second-order valence-electron chi connectivity index (χ2n) is 6.81. The Morgan fingerprint density at radius 2 is 1.40 bits per heavy atom. The number of sulfone groups is 1. The summed E-state index contributed by atoms with van der Waals surface area (Å²) in [6.45, 7) is 0. The number of hydrogen-bond donors (Lipinski definition) is 1. The lowest BCUT2D eigenvalue weighted by Gasteiger charge is -2.13. The number of anilines is 1. The molecule has 0 saturated carbocycles. The minimum atomic E-state index is -3.90. The average molecular weight is 436 g/mol. The van der Waals surface area contributed by atoms with Gasteiger partial charge in [0.05, 0.1) is 15.6 Å². The van der Waals surface area contributed by atoms with E-state index in [1.807, 2.05) is 42.5 Å². The molecular formula is C24H18ClNO3S. The molecule has 150 valence electrons. The molecule has 0 aliphatic rings. The van der Waals surface area contributed by atoms with Crippen LogP contribution in [0.2, 0.25) is 5.02 Å². The molecule has 1 amide bonds. The Morgan fingerprint density at radius 3 is 2.23 bits per heavy atom. The van der Waals surface area contributed by atoms with E-state index in [1.54, 1.807) is 42.5 Å². The fraction of sp³-hybridized carbons (Fsp3) is 0.0417. The number of benzene rings is 4. The van der Waals surface area contributed by atoms with Crippen molar-refractivity contribution in [3.05, 3.63) is 96.0 Å². The fourth-order valence-electron chi connectivity index (χ4n) is 3.42. The van der Waals surface area contributed by atoms with E-state index in [9.17, 15) is 13.2 Å². The third-order valence-corrected chi connectivity index (χ3v) is 6.77. The van der Waals surface area contributed by atoms with Crippen LogP contribution in [-0.2, 0) is 14.6 Å². The Morgan fingerprint density at radius 1 is 0.767 bits per heavy atom. The highest BCUT2D eigenvalue weighted by Gasteiger charge is 2.24. The number of carbonyl (C=O) groups excluding carboxylic acids is 1. The molecule has 0 aliphatic carbocycles. The molecule has 0 aromatic heterocycles. The molecule has 0 fully saturated rings. The van der Waals surface area contributed by atoms with E-state index in [0.29, 0.717) is 16.3 Å². The largest absolute Gasteiger partial charge is 0.324 e. The van der Waals surface area contributed by atoms with Crippen LogP contribution in [0.4, 0.5) is 5.69 Å². The van der Waals surface area contributed by atoms with Crippen molar-refractivity contribution in [2.75, 3.05) is 11.1 Å². The molecule has 0 atom stereocenters. The third kappa shape index (κ3) is 4.08. The van der Waals surface area contributed by atoms with Gasteiger partial charge in [0.15, 0.2) is 9.84 Å². The number of fused-ring (bicyclic) bond motifs is 1. The topological polar surface area (TPSA) is 63.2 Å². The molecule has 0 heterocycles. The van der Waals surface area contributed by atoms with Crippen molar-refractivity contribution in [2.45, 2.75) is 4.90 Å².